The molecule has 0 aliphatic heterocycles. The fourth-order valence-electron chi connectivity index (χ4n) is 1.37. The third-order valence-corrected chi connectivity index (χ3v) is 2.35. The fraction of sp³-hybridized carbons (Fsp3) is 0.0833. The molecule has 0 bridgehead atoms. The van der Waals surface area contributed by atoms with Crippen molar-refractivity contribution < 1.29 is 4.79 Å². The summed E-state index contributed by atoms with van der Waals surface area (Å²) in [6.07, 6.45) is 1.56. The number of rotatable bonds is 3. The number of carbonyl (C=O) groups is 1. The van der Waals surface area contributed by atoms with Crippen LogP contribution >= 0.6 is 11.6 Å². The highest BCUT2D eigenvalue weighted by Gasteiger charge is 2.01. The van der Waals surface area contributed by atoms with Crippen molar-refractivity contribution in [3.63, 3.8) is 0 Å². The van der Waals surface area contributed by atoms with Crippen molar-refractivity contribution in [2.75, 3.05) is 5.32 Å². The molecule has 17 heavy (non-hydrogen) atoms. The number of Topliss-reactive ketones (excluding diaryl/α,β-unsaturated/α-hetero) is 1. The van der Waals surface area contributed by atoms with Gasteiger partial charge in [-0.25, -0.2) is 9.97 Å². The number of ketones is 1. The maximum atomic E-state index is 11.2. The minimum atomic E-state index is 0.0226. The maximum Gasteiger partial charge on any atom is 0.224 e. The van der Waals surface area contributed by atoms with Gasteiger partial charge in [-0.2, -0.15) is 0 Å². The van der Waals surface area contributed by atoms with Crippen molar-refractivity contribution in [2.45, 2.75) is 6.92 Å². The van der Waals surface area contributed by atoms with E-state index in [1.165, 1.54) is 6.92 Å². The summed E-state index contributed by atoms with van der Waals surface area (Å²) < 4.78 is 0. The highest BCUT2D eigenvalue weighted by atomic mass is 35.5. The van der Waals surface area contributed by atoms with Crippen LogP contribution in [0.3, 0.4) is 0 Å². The van der Waals surface area contributed by atoms with E-state index in [0.717, 1.165) is 5.69 Å². The molecule has 0 aliphatic rings. The molecule has 0 aliphatic carbocycles. The van der Waals surface area contributed by atoms with Gasteiger partial charge in [0.25, 0.3) is 0 Å². The second-order valence-electron chi connectivity index (χ2n) is 3.47. The van der Waals surface area contributed by atoms with E-state index in [1.54, 1.807) is 24.4 Å². The average Bonchev–Trinajstić information content (AvgIpc) is 2.29. The minimum Gasteiger partial charge on any atom is -0.340 e. The number of carbonyl (C=O) groups excluding carboxylic acids is 1. The molecule has 0 spiro atoms. The highest BCUT2D eigenvalue weighted by Crippen LogP contribution is 2.16. The molecule has 2 aromatic rings. The van der Waals surface area contributed by atoms with Crippen LogP contribution < -0.4 is 5.32 Å². The lowest BCUT2D eigenvalue weighted by atomic mass is 10.1. The van der Waals surface area contributed by atoms with Crippen LogP contribution in [-0.2, 0) is 0 Å². The number of aromatic nitrogens is 2. The zero-order valence-electron chi connectivity index (χ0n) is 9.14. The highest BCUT2D eigenvalue weighted by molar-refractivity contribution is 6.28. The van der Waals surface area contributed by atoms with Crippen molar-refractivity contribution in [3.05, 3.63) is 47.4 Å². The molecule has 0 unspecified atom stereocenters. The molecule has 0 amide bonds. The summed E-state index contributed by atoms with van der Waals surface area (Å²) in [6, 6.07) is 8.88. The van der Waals surface area contributed by atoms with Crippen molar-refractivity contribution in [3.8, 4) is 0 Å². The molecule has 2 rings (SSSR count). The van der Waals surface area contributed by atoms with Crippen molar-refractivity contribution in [1.82, 2.24) is 9.97 Å². The fourth-order valence-corrected chi connectivity index (χ4v) is 1.52. The van der Waals surface area contributed by atoms with Crippen LogP contribution in [0.5, 0.6) is 0 Å². The third kappa shape index (κ3) is 3.01. The van der Waals surface area contributed by atoms with Gasteiger partial charge in [-0.15, -0.1) is 0 Å². The molecular formula is C12H10ClN3O. The summed E-state index contributed by atoms with van der Waals surface area (Å²) in [6.45, 7) is 1.53. The van der Waals surface area contributed by atoms with E-state index in [0.29, 0.717) is 11.4 Å². The van der Waals surface area contributed by atoms with Gasteiger partial charge in [0, 0.05) is 17.4 Å². The summed E-state index contributed by atoms with van der Waals surface area (Å²) in [4.78, 5) is 19.0. The molecule has 1 aromatic heterocycles. The van der Waals surface area contributed by atoms with Gasteiger partial charge in [-0.3, -0.25) is 4.79 Å². The maximum absolute atomic E-state index is 11.2. The SMILES string of the molecule is CC(=O)c1cccc(Nc2ccnc(Cl)n2)c1. The average molecular weight is 248 g/mol. The van der Waals surface area contributed by atoms with Crippen LogP contribution in [-0.4, -0.2) is 15.8 Å². The van der Waals surface area contributed by atoms with Gasteiger partial charge in [0.2, 0.25) is 5.28 Å². The Morgan fingerprint density at radius 1 is 1.35 bits per heavy atom. The Morgan fingerprint density at radius 2 is 2.18 bits per heavy atom. The topological polar surface area (TPSA) is 54.9 Å². The van der Waals surface area contributed by atoms with Crippen LogP contribution in [0.2, 0.25) is 5.28 Å². The Morgan fingerprint density at radius 3 is 2.88 bits per heavy atom. The summed E-state index contributed by atoms with van der Waals surface area (Å²) in [5, 5.41) is 3.23. The third-order valence-electron chi connectivity index (χ3n) is 2.17. The molecular weight excluding hydrogens is 238 g/mol. The first-order valence-electron chi connectivity index (χ1n) is 5.02. The number of nitrogens with zero attached hydrogens (tertiary/aromatic N) is 2. The molecule has 0 radical (unpaired) electrons. The van der Waals surface area contributed by atoms with Crippen LogP contribution in [0.4, 0.5) is 11.5 Å². The van der Waals surface area contributed by atoms with Gasteiger partial charge in [-0.1, -0.05) is 12.1 Å². The van der Waals surface area contributed by atoms with Crippen molar-refractivity contribution in [2.24, 2.45) is 0 Å². The Balaban J connectivity index is 2.24. The van der Waals surface area contributed by atoms with Gasteiger partial charge < -0.3 is 5.32 Å². The van der Waals surface area contributed by atoms with Crippen molar-refractivity contribution in [1.29, 1.82) is 0 Å². The van der Waals surface area contributed by atoms with Crippen LogP contribution in [0, 0.1) is 0 Å². The monoisotopic (exact) mass is 247 g/mol. The van der Waals surface area contributed by atoms with Gasteiger partial charge in [0.1, 0.15) is 5.82 Å². The molecule has 0 atom stereocenters. The molecule has 5 heteroatoms. The van der Waals surface area contributed by atoms with Gasteiger partial charge in [0.05, 0.1) is 0 Å². The van der Waals surface area contributed by atoms with Gasteiger partial charge in [0.15, 0.2) is 5.78 Å². The quantitative estimate of drug-likeness (QED) is 0.669. The smallest absolute Gasteiger partial charge is 0.224 e. The number of anilines is 2. The molecule has 1 N–H and O–H groups in total. The number of nitrogens with one attached hydrogen (secondary N) is 1. The summed E-state index contributed by atoms with van der Waals surface area (Å²) >= 11 is 5.68. The molecule has 1 heterocycles. The van der Waals surface area contributed by atoms with Crippen LogP contribution in [0.25, 0.3) is 0 Å². The Hall–Kier alpha value is -1.94. The second-order valence-corrected chi connectivity index (χ2v) is 3.81. The lowest BCUT2D eigenvalue weighted by Gasteiger charge is -2.06. The minimum absolute atomic E-state index is 0.0226. The predicted octanol–water partition coefficient (Wildman–Crippen LogP) is 3.08. The van der Waals surface area contributed by atoms with E-state index in [9.17, 15) is 4.79 Å². The largest absolute Gasteiger partial charge is 0.340 e. The number of halogens is 1. The summed E-state index contributed by atoms with van der Waals surface area (Å²) in [5.74, 6) is 0.611. The predicted molar refractivity (Wildman–Crippen MR) is 66.8 cm³/mol. The second kappa shape index (κ2) is 4.93. The van der Waals surface area contributed by atoms with E-state index in [4.69, 9.17) is 11.6 Å². The Bertz CT molecular complexity index is 557. The molecule has 86 valence electrons. The molecule has 0 saturated heterocycles. The first-order chi connectivity index (χ1) is 8.15. The number of benzene rings is 1. The zero-order chi connectivity index (χ0) is 12.3. The lowest BCUT2D eigenvalue weighted by Crippen LogP contribution is -1.97. The summed E-state index contributed by atoms with van der Waals surface area (Å²) in [5.41, 5.74) is 1.43. The molecule has 1 aromatic carbocycles. The lowest BCUT2D eigenvalue weighted by molar-refractivity contribution is 0.101. The van der Waals surface area contributed by atoms with E-state index in [1.807, 2.05) is 12.1 Å². The number of hydrogen-bond donors (Lipinski definition) is 1. The van der Waals surface area contributed by atoms with E-state index in [-0.39, 0.29) is 11.1 Å². The normalized spacial score (nSPS) is 10.0. The van der Waals surface area contributed by atoms with Crippen molar-refractivity contribution >= 4 is 28.9 Å². The van der Waals surface area contributed by atoms with Crippen LogP contribution in [0.1, 0.15) is 17.3 Å². The van der Waals surface area contributed by atoms with Gasteiger partial charge in [-0.05, 0) is 36.7 Å². The standard InChI is InChI=1S/C12H10ClN3O/c1-8(17)9-3-2-4-10(7-9)15-11-5-6-14-12(13)16-11/h2-7H,1H3,(H,14,15,16). The van der Waals surface area contributed by atoms with Gasteiger partial charge >= 0.3 is 0 Å². The van der Waals surface area contributed by atoms with E-state index in [2.05, 4.69) is 15.3 Å². The molecule has 0 saturated carbocycles. The first-order valence-corrected chi connectivity index (χ1v) is 5.39. The summed E-state index contributed by atoms with van der Waals surface area (Å²) in [7, 11) is 0. The Kier molecular flexibility index (Phi) is 3.35. The Labute approximate surface area is 104 Å². The molecule has 0 fully saturated rings. The van der Waals surface area contributed by atoms with E-state index >= 15 is 0 Å². The number of hydrogen-bond acceptors (Lipinski definition) is 4. The van der Waals surface area contributed by atoms with Crippen LogP contribution in [0.15, 0.2) is 36.5 Å². The molecule has 4 nitrogen and oxygen atoms in total. The first kappa shape index (κ1) is 11.5. The van der Waals surface area contributed by atoms with E-state index < -0.39 is 0 Å². The zero-order valence-corrected chi connectivity index (χ0v) is 9.90.